The molecule has 0 spiro atoms. The van der Waals surface area contributed by atoms with E-state index in [9.17, 15) is 9.59 Å². The van der Waals surface area contributed by atoms with Crippen molar-refractivity contribution in [1.82, 2.24) is 10.3 Å². The van der Waals surface area contributed by atoms with Gasteiger partial charge in [-0.15, -0.1) is 0 Å². The molecule has 0 aliphatic heterocycles. The van der Waals surface area contributed by atoms with E-state index in [1.807, 2.05) is 42.5 Å². The minimum Gasteiger partial charge on any atom is -0.461 e. The van der Waals surface area contributed by atoms with Crippen LogP contribution in [0.25, 0.3) is 11.3 Å². The molecule has 0 fully saturated rings. The van der Waals surface area contributed by atoms with Crippen molar-refractivity contribution in [2.75, 3.05) is 11.9 Å². The van der Waals surface area contributed by atoms with E-state index in [2.05, 4.69) is 15.6 Å². The normalized spacial score (nSPS) is 10.4. The van der Waals surface area contributed by atoms with Gasteiger partial charge in [-0.1, -0.05) is 36.4 Å². The number of benzene rings is 1. The molecule has 2 N–H and O–H groups in total. The van der Waals surface area contributed by atoms with Gasteiger partial charge >= 0.3 is 0 Å². The minimum atomic E-state index is -0.187. The zero-order valence-electron chi connectivity index (χ0n) is 14.9. The maximum atomic E-state index is 11.9. The van der Waals surface area contributed by atoms with Gasteiger partial charge in [0.25, 0.3) is 0 Å². The molecule has 0 bridgehead atoms. The molecule has 6 nitrogen and oxygen atoms in total. The molecule has 0 saturated heterocycles. The average molecular weight is 363 g/mol. The van der Waals surface area contributed by atoms with Crippen molar-refractivity contribution >= 4 is 17.6 Å². The highest BCUT2D eigenvalue weighted by Crippen LogP contribution is 2.22. The first kappa shape index (κ1) is 18.4. The SMILES string of the molecule is O=C(CCc1ccc(-c2ccccc2)o1)NCCC(=O)Nc1ccccn1. The van der Waals surface area contributed by atoms with Crippen molar-refractivity contribution in [2.45, 2.75) is 19.3 Å². The Balaban J connectivity index is 1.36. The minimum absolute atomic E-state index is 0.113. The third kappa shape index (κ3) is 5.81. The fourth-order valence-corrected chi connectivity index (χ4v) is 2.55. The van der Waals surface area contributed by atoms with Crippen molar-refractivity contribution in [3.8, 4) is 11.3 Å². The molecule has 27 heavy (non-hydrogen) atoms. The molecule has 0 unspecified atom stereocenters. The highest BCUT2D eigenvalue weighted by Gasteiger charge is 2.08. The zero-order chi connectivity index (χ0) is 18.9. The van der Waals surface area contributed by atoms with Gasteiger partial charge in [0.15, 0.2) is 0 Å². The molecule has 0 atom stereocenters. The van der Waals surface area contributed by atoms with Crippen LogP contribution < -0.4 is 10.6 Å². The number of carbonyl (C=O) groups is 2. The number of hydrogen-bond donors (Lipinski definition) is 2. The molecule has 3 aromatic rings. The van der Waals surface area contributed by atoms with Crippen LogP contribution in [0.15, 0.2) is 71.3 Å². The van der Waals surface area contributed by atoms with Crippen molar-refractivity contribution in [3.63, 3.8) is 0 Å². The van der Waals surface area contributed by atoms with Crippen LogP contribution in [0.1, 0.15) is 18.6 Å². The Kier molecular flexibility index (Phi) is 6.35. The van der Waals surface area contributed by atoms with Crippen LogP contribution in [0.3, 0.4) is 0 Å². The Hall–Kier alpha value is -3.41. The molecule has 2 heterocycles. The number of nitrogens with zero attached hydrogens (tertiary/aromatic N) is 1. The highest BCUT2D eigenvalue weighted by molar-refractivity contribution is 5.90. The number of nitrogens with one attached hydrogen (secondary N) is 2. The van der Waals surface area contributed by atoms with Crippen LogP contribution in [0.4, 0.5) is 5.82 Å². The maximum absolute atomic E-state index is 11.9. The van der Waals surface area contributed by atoms with Crippen LogP contribution in [-0.4, -0.2) is 23.3 Å². The van der Waals surface area contributed by atoms with E-state index in [1.165, 1.54) is 0 Å². The predicted molar refractivity (Wildman–Crippen MR) is 103 cm³/mol. The molecule has 0 saturated carbocycles. The Morgan fingerprint density at radius 2 is 1.70 bits per heavy atom. The summed E-state index contributed by atoms with van der Waals surface area (Å²) < 4.78 is 5.78. The second-order valence-electron chi connectivity index (χ2n) is 6.00. The molecule has 2 amide bonds. The lowest BCUT2D eigenvalue weighted by Gasteiger charge is -2.06. The second kappa shape index (κ2) is 9.33. The summed E-state index contributed by atoms with van der Waals surface area (Å²) in [6.07, 6.45) is 2.62. The fourth-order valence-electron chi connectivity index (χ4n) is 2.55. The van der Waals surface area contributed by atoms with Gasteiger partial charge < -0.3 is 15.1 Å². The van der Waals surface area contributed by atoms with Gasteiger partial charge in [0.2, 0.25) is 11.8 Å². The maximum Gasteiger partial charge on any atom is 0.227 e. The summed E-state index contributed by atoms with van der Waals surface area (Å²) in [7, 11) is 0. The topological polar surface area (TPSA) is 84.2 Å². The molecule has 1 aromatic carbocycles. The largest absolute Gasteiger partial charge is 0.461 e. The van der Waals surface area contributed by atoms with Gasteiger partial charge in [-0.05, 0) is 24.3 Å². The van der Waals surface area contributed by atoms with Gasteiger partial charge in [0.1, 0.15) is 17.3 Å². The van der Waals surface area contributed by atoms with Crippen molar-refractivity contribution in [3.05, 3.63) is 72.6 Å². The zero-order valence-corrected chi connectivity index (χ0v) is 14.9. The number of aryl methyl sites for hydroxylation is 1. The quantitative estimate of drug-likeness (QED) is 0.642. The van der Waals surface area contributed by atoms with E-state index in [0.717, 1.165) is 17.1 Å². The Morgan fingerprint density at radius 3 is 2.48 bits per heavy atom. The number of anilines is 1. The van der Waals surface area contributed by atoms with E-state index in [1.54, 1.807) is 24.4 Å². The lowest BCUT2D eigenvalue weighted by atomic mass is 10.2. The summed E-state index contributed by atoms with van der Waals surface area (Å²) in [6.45, 7) is 0.283. The highest BCUT2D eigenvalue weighted by atomic mass is 16.3. The fraction of sp³-hybridized carbons (Fsp3) is 0.190. The number of hydrogen-bond acceptors (Lipinski definition) is 4. The third-order valence-electron chi connectivity index (χ3n) is 3.93. The lowest BCUT2D eigenvalue weighted by Crippen LogP contribution is -2.27. The van der Waals surface area contributed by atoms with Gasteiger partial charge in [-0.3, -0.25) is 9.59 Å². The number of carbonyl (C=O) groups excluding carboxylic acids is 2. The van der Waals surface area contributed by atoms with Gasteiger partial charge in [0.05, 0.1) is 0 Å². The second-order valence-corrected chi connectivity index (χ2v) is 6.00. The number of furan rings is 1. The van der Waals surface area contributed by atoms with Crippen LogP contribution in [0, 0.1) is 0 Å². The van der Waals surface area contributed by atoms with Crippen LogP contribution in [0.2, 0.25) is 0 Å². The molecule has 0 aliphatic carbocycles. The molecule has 6 heteroatoms. The monoisotopic (exact) mass is 363 g/mol. The van der Waals surface area contributed by atoms with Gasteiger partial charge in [0, 0.05) is 37.6 Å². The van der Waals surface area contributed by atoms with E-state index in [-0.39, 0.29) is 24.8 Å². The van der Waals surface area contributed by atoms with E-state index in [4.69, 9.17) is 4.42 Å². The van der Waals surface area contributed by atoms with Gasteiger partial charge in [-0.25, -0.2) is 4.98 Å². The molecular weight excluding hydrogens is 342 g/mol. The van der Waals surface area contributed by atoms with E-state index >= 15 is 0 Å². The summed E-state index contributed by atoms with van der Waals surface area (Å²) >= 11 is 0. The van der Waals surface area contributed by atoms with Crippen LogP contribution >= 0.6 is 0 Å². The Bertz CT molecular complexity index is 876. The molecule has 138 valence electrons. The standard InChI is InChI=1S/C21H21N3O3/c25-20(23-15-13-21(26)24-19-8-4-5-14-22-19)12-10-17-9-11-18(27-17)16-6-2-1-3-7-16/h1-9,11,14H,10,12-13,15H2,(H,23,25)(H,22,24,26). The lowest BCUT2D eigenvalue weighted by molar-refractivity contribution is -0.121. The smallest absolute Gasteiger partial charge is 0.227 e. The average Bonchev–Trinajstić information content (AvgIpc) is 3.17. The number of aromatic nitrogens is 1. The molecular formula is C21H21N3O3. The first-order valence-corrected chi connectivity index (χ1v) is 8.82. The Labute approximate surface area is 157 Å². The summed E-state index contributed by atoms with van der Waals surface area (Å²) in [5.41, 5.74) is 1.01. The summed E-state index contributed by atoms with van der Waals surface area (Å²) in [6, 6.07) is 18.9. The number of amides is 2. The first-order valence-electron chi connectivity index (χ1n) is 8.82. The molecule has 0 radical (unpaired) electrons. The summed E-state index contributed by atoms with van der Waals surface area (Å²) in [5, 5.41) is 5.42. The van der Waals surface area contributed by atoms with E-state index in [0.29, 0.717) is 18.7 Å². The van der Waals surface area contributed by atoms with Crippen LogP contribution in [-0.2, 0) is 16.0 Å². The summed E-state index contributed by atoms with van der Waals surface area (Å²) in [5.74, 6) is 1.75. The number of rotatable bonds is 8. The van der Waals surface area contributed by atoms with Crippen LogP contribution in [0.5, 0.6) is 0 Å². The van der Waals surface area contributed by atoms with Crippen molar-refractivity contribution < 1.29 is 14.0 Å². The Morgan fingerprint density at radius 1 is 0.889 bits per heavy atom. The molecule has 2 aromatic heterocycles. The number of pyridine rings is 1. The van der Waals surface area contributed by atoms with Crippen molar-refractivity contribution in [2.24, 2.45) is 0 Å². The predicted octanol–water partition coefficient (Wildman–Crippen LogP) is 3.42. The van der Waals surface area contributed by atoms with E-state index < -0.39 is 0 Å². The molecule has 3 rings (SSSR count). The van der Waals surface area contributed by atoms with Crippen molar-refractivity contribution in [1.29, 1.82) is 0 Å². The third-order valence-corrected chi connectivity index (χ3v) is 3.93. The van der Waals surface area contributed by atoms with Gasteiger partial charge in [-0.2, -0.15) is 0 Å². The first-order chi connectivity index (χ1) is 13.2. The molecule has 0 aliphatic rings. The summed E-state index contributed by atoms with van der Waals surface area (Å²) in [4.78, 5) is 27.7.